The van der Waals surface area contributed by atoms with Crippen molar-refractivity contribution in [2.45, 2.75) is 36.7 Å². The second-order valence-corrected chi connectivity index (χ2v) is 14.1. The van der Waals surface area contributed by atoms with Crippen LogP contribution in [-0.2, 0) is 21.1 Å². The van der Waals surface area contributed by atoms with Crippen molar-refractivity contribution in [2.75, 3.05) is 63.6 Å². The van der Waals surface area contributed by atoms with E-state index < -0.39 is 9.84 Å². The number of likely N-dealkylation sites (tertiary alicyclic amines) is 2. The molecular weight excluding hydrogens is 532 g/mol. The summed E-state index contributed by atoms with van der Waals surface area (Å²) >= 11 is 1.79. The minimum Gasteiger partial charge on any atom is -0.378 e. The number of benzene rings is 1. The fraction of sp³-hybridized carbons (Fsp3) is 0.500. The SMILES string of the molecule is CS(=O)(=O)c1cc(-c2nc(N3CCOCC3)c3sc(CN4CCC(N5CCC5)CC4)cc3n2)c2cc[nH]c2c1. The third kappa shape index (κ3) is 4.95. The van der Waals surface area contributed by atoms with Crippen molar-refractivity contribution in [3.8, 4) is 11.4 Å². The maximum absolute atomic E-state index is 12.5. The molecule has 0 amide bonds. The number of anilines is 1. The van der Waals surface area contributed by atoms with Crippen LogP contribution in [0.4, 0.5) is 5.82 Å². The molecule has 0 unspecified atom stereocenters. The molecule has 3 aliphatic rings. The van der Waals surface area contributed by atoms with Crippen molar-refractivity contribution in [3.63, 3.8) is 0 Å². The van der Waals surface area contributed by atoms with Crippen molar-refractivity contribution in [2.24, 2.45) is 0 Å². The maximum atomic E-state index is 12.5. The van der Waals surface area contributed by atoms with Crippen LogP contribution in [0.3, 0.4) is 0 Å². The van der Waals surface area contributed by atoms with Gasteiger partial charge in [-0.2, -0.15) is 0 Å². The molecule has 0 aliphatic carbocycles. The van der Waals surface area contributed by atoms with Crippen LogP contribution in [0.1, 0.15) is 24.1 Å². The Morgan fingerprint density at radius 2 is 1.85 bits per heavy atom. The zero-order valence-electron chi connectivity index (χ0n) is 22.2. The number of sulfone groups is 1. The lowest BCUT2D eigenvalue weighted by molar-refractivity contribution is 0.0615. The second-order valence-electron chi connectivity index (χ2n) is 11.0. The summed E-state index contributed by atoms with van der Waals surface area (Å²) in [7, 11) is -3.40. The molecule has 3 saturated heterocycles. The predicted molar refractivity (Wildman–Crippen MR) is 155 cm³/mol. The molecule has 7 rings (SSSR count). The first-order chi connectivity index (χ1) is 18.9. The lowest BCUT2D eigenvalue weighted by Gasteiger charge is -2.42. The molecule has 0 atom stereocenters. The van der Waals surface area contributed by atoms with Gasteiger partial charge in [-0.1, -0.05) is 0 Å². The number of thiophene rings is 1. The van der Waals surface area contributed by atoms with E-state index in [9.17, 15) is 8.42 Å². The molecule has 39 heavy (non-hydrogen) atoms. The highest BCUT2D eigenvalue weighted by Gasteiger charge is 2.28. The van der Waals surface area contributed by atoms with Gasteiger partial charge >= 0.3 is 0 Å². The van der Waals surface area contributed by atoms with Gasteiger partial charge in [0.1, 0.15) is 0 Å². The highest BCUT2D eigenvalue weighted by Crippen LogP contribution is 2.37. The molecule has 0 spiro atoms. The largest absolute Gasteiger partial charge is 0.378 e. The van der Waals surface area contributed by atoms with E-state index in [1.807, 2.05) is 12.3 Å². The number of hydrogen-bond donors (Lipinski definition) is 1. The summed E-state index contributed by atoms with van der Waals surface area (Å²) in [5.41, 5.74) is 2.41. The third-order valence-corrected chi connectivity index (χ3v) is 10.6. The highest BCUT2D eigenvalue weighted by molar-refractivity contribution is 7.90. The molecule has 3 aromatic heterocycles. The van der Waals surface area contributed by atoms with Crippen molar-refractivity contribution < 1.29 is 13.2 Å². The molecule has 0 radical (unpaired) electrons. The molecule has 206 valence electrons. The van der Waals surface area contributed by atoms with Gasteiger partial charge < -0.3 is 19.5 Å². The van der Waals surface area contributed by atoms with Crippen LogP contribution >= 0.6 is 11.3 Å². The number of aromatic amines is 1. The molecular formula is C28H34N6O3S2. The van der Waals surface area contributed by atoms with Crippen LogP contribution in [0, 0.1) is 0 Å². The van der Waals surface area contributed by atoms with Gasteiger partial charge in [-0.3, -0.25) is 4.90 Å². The van der Waals surface area contributed by atoms with Gasteiger partial charge in [0.25, 0.3) is 0 Å². The van der Waals surface area contributed by atoms with Gasteiger partial charge in [-0.25, -0.2) is 18.4 Å². The molecule has 3 aliphatic heterocycles. The summed E-state index contributed by atoms with van der Waals surface area (Å²) in [4.78, 5) is 22.3. The predicted octanol–water partition coefficient (Wildman–Crippen LogP) is 3.75. The van der Waals surface area contributed by atoms with Crippen LogP contribution in [0.5, 0.6) is 0 Å². The smallest absolute Gasteiger partial charge is 0.175 e. The molecule has 6 heterocycles. The van der Waals surface area contributed by atoms with Gasteiger partial charge in [0.15, 0.2) is 21.5 Å². The molecule has 0 bridgehead atoms. The zero-order chi connectivity index (χ0) is 26.6. The number of nitrogens with one attached hydrogen (secondary N) is 1. The number of piperidine rings is 1. The highest BCUT2D eigenvalue weighted by atomic mass is 32.2. The molecule has 0 saturated carbocycles. The van der Waals surface area contributed by atoms with Gasteiger partial charge in [0, 0.05) is 72.6 Å². The van der Waals surface area contributed by atoms with Crippen molar-refractivity contribution in [3.05, 3.63) is 35.3 Å². The lowest BCUT2D eigenvalue weighted by Crippen LogP contribution is -2.50. The Morgan fingerprint density at radius 3 is 2.56 bits per heavy atom. The molecule has 3 fully saturated rings. The first kappa shape index (κ1) is 25.4. The summed E-state index contributed by atoms with van der Waals surface area (Å²) in [5, 5.41) is 0.912. The Morgan fingerprint density at radius 1 is 1.05 bits per heavy atom. The van der Waals surface area contributed by atoms with Crippen LogP contribution in [0.2, 0.25) is 0 Å². The molecule has 1 N–H and O–H groups in total. The van der Waals surface area contributed by atoms with Crippen LogP contribution in [0.15, 0.2) is 35.4 Å². The number of fused-ring (bicyclic) bond motifs is 2. The monoisotopic (exact) mass is 566 g/mol. The van der Waals surface area contributed by atoms with Crippen LogP contribution in [-0.4, -0.2) is 97.9 Å². The Bertz CT molecular complexity index is 1610. The number of aromatic nitrogens is 3. The zero-order valence-corrected chi connectivity index (χ0v) is 23.9. The number of ether oxygens (including phenoxy) is 1. The van der Waals surface area contributed by atoms with Crippen LogP contribution < -0.4 is 4.90 Å². The van der Waals surface area contributed by atoms with E-state index in [0.717, 1.165) is 71.3 Å². The number of nitrogens with zero attached hydrogens (tertiary/aromatic N) is 5. The minimum atomic E-state index is -3.40. The topological polar surface area (TPSA) is 94.7 Å². The quantitative estimate of drug-likeness (QED) is 0.377. The van der Waals surface area contributed by atoms with E-state index >= 15 is 0 Å². The third-order valence-electron chi connectivity index (χ3n) is 8.37. The first-order valence-corrected chi connectivity index (χ1v) is 16.5. The number of hydrogen-bond acceptors (Lipinski definition) is 9. The average molecular weight is 567 g/mol. The molecule has 11 heteroatoms. The molecule has 1 aromatic carbocycles. The fourth-order valence-corrected chi connectivity index (χ4v) is 7.88. The van der Waals surface area contributed by atoms with Gasteiger partial charge in [0.05, 0.1) is 28.3 Å². The number of H-pyrrole nitrogens is 1. The maximum Gasteiger partial charge on any atom is 0.175 e. The average Bonchev–Trinajstić information content (AvgIpc) is 3.54. The van der Waals surface area contributed by atoms with E-state index in [1.165, 1.54) is 43.5 Å². The Kier molecular flexibility index (Phi) is 6.59. The Labute approximate surface area is 232 Å². The summed E-state index contributed by atoms with van der Waals surface area (Å²) in [5.74, 6) is 1.47. The lowest BCUT2D eigenvalue weighted by atomic mass is 10.00. The van der Waals surface area contributed by atoms with Gasteiger partial charge in [-0.05, 0) is 56.6 Å². The summed E-state index contributed by atoms with van der Waals surface area (Å²) < 4.78 is 31.7. The summed E-state index contributed by atoms with van der Waals surface area (Å²) in [6.45, 7) is 8.60. The Balaban J connectivity index is 1.26. The van der Waals surface area contributed by atoms with Crippen molar-refractivity contribution >= 4 is 48.1 Å². The van der Waals surface area contributed by atoms with E-state index in [-0.39, 0.29) is 4.90 Å². The molecule has 4 aromatic rings. The normalized spacial score (nSPS) is 20.2. The molecule has 9 nitrogen and oxygen atoms in total. The minimum absolute atomic E-state index is 0.261. The first-order valence-electron chi connectivity index (χ1n) is 13.8. The number of rotatable bonds is 6. The van der Waals surface area contributed by atoms with E-state index in [0.29, 0.717) is 19.0 Å². The Hall–Kier alpha value is -2.57. The number of morpholine rings is 1. The van der Waals surface area contributed by atoms with E-state index in [2.05, 4.69) is 25.8 Å². The van der Waals surface area contributed by atoms with Crippen molar-refractivity contribution in [1.29, 1.82) is 0 Å². The van der Waals surface area contributed by atoms with Gasteiger partial charge in [0.2, 0.25) is 0 Å². The second kappa shape index (κ2) is 10.1. The van der Waals surface area contributed by atoms with Gasteiger partial charge in [-0.15, -0.1) is 11.3 Å². The summed E-state index contributed by atoms with van der Waals surface area (Å²) in [6, 6.07) is 8.33. The summed E-state index contributed by atoms with van der Waals surface area (Å²) in [6.07, 6.45) is 6.91. The van der Waals surface area contributed by atoms with Crippen LogP contribution in [0.25, 0.3) is 32.5 Å². The standard InChI is InChI=1S/C28H34N6O3S2/c1-39(35,36)21-16-23(22-3-6-29-24(22)17-21)27-30-25-15-20(18-32-9-4-19(5-10-32)33-7-2-8-33)38-26(25)28(31-27)34-11-13-37-14-12-34/h3,6,15-17,19,29H,2,4-5,7-14,18H2,1H3. The fourth-order valence-electron chi connectivity index (χ4n) is 6.06. The van der Waals surface area contributed by atoms with E-state index in [4.69, 9.17) is 14.7 Å². The van der Waals surface area contributed by atoms with Crippen molar-refractivity contribution in [1.82, 2.24) is 24.8 Å². The van der Waals surface area contributed by atoms with E-state index in [1.54, 1.807) is 23.5 Å².